The maximum Gasteiger partial charge on any atom is 0.323 e. The van der Waals surface area contributed by atoms with Gasteiger partial charge in [-0.25, -0.2) is 0 Å². The summed E-state index contributed by atoms with van der Waals surface area (Å²) >= 11 is 0. The molecule has 1 saturated carbocycles. The topological polar surface area (TPSA) is 40.5 Å². The molecule has 1 rings (SSSR count). The highest BCUT2D eigenvalue weighted by molar-refractivity contribution is 5.77. The Balaban J connectivity index is 2.78. The number of hydrogen-bond acceptors (Lipinski definition) is 2. The van der Waals surface area contributed by atoms with E-state index in [1.165, 1.54) is 12.8 Å². The molecule has 3 atom stereocenters. The summed E-state index contributed by atoms with van der Waals surface area (Å²) < 4.78 is 0. The lowest BCUT2D eigenvalue weighted by molar-refractivity contribution is -0.151. The van der Waals surface area contributed by atoms with Crippen LogP contribution in [0.5, 0.6) is 0 Å². The predicted molar refractivity (Wildman–Crippen MR) is 65.4 cm³/mol. The van der Waals surface area contributed by atoms with E-state index in [9.17, 15) is 9.90 Å². The monoisotopic (exact) mass is 227 g/mol. The molecule has 1 fully saturated rings. The molecule has 1 aliphatic carbocycles. The lowest BCUT2D eigenvalue weighted by Crippen LogP contribution is -2.55. The number of likely N-dealkylation sites (N-methyl/N-ethyl adjacent to an activating group) is 1. The van der Waals surface area contributed by atoms with Gasteiger partial charge in [0.2, 0.25) is 0 Å². The highest BCUT2D eigenvalue weighted by Crippen LogP contribution is 2.34. The summed E-state index contributed by atoms with van der Waals surface area (Å²) in [6.45, 7) is 8.09. The SMILES string of the molecule is CC1CCC(C)C(N(C)C(C)(C)C(=O)O)C1. The molecule has 0 aromatic heterocycles. The van der Waals surface area contributed by atoms with Crippen LogP contribution in [-0.4, -0.2) is 34.6 Å². The van der Waals surface area contributed by atoms with Crippen LogP contribution in [-0.2, 0) is 4.79 Å². The van der Waals surface area contributed by atoms with Crippen molar-refractivity contribution in [1.29, 1.82) is 0 Å². The number of aliphatic carboxylic acids is 1. The molecular formula is C13H25NO2. The highest BCUT2D eigenvalue weighted by Gasteiger charge is 2.39. The molecule has 3 unspecified atom stereocenters. The number of carboxylic acid groups (broad SMARTS) is 1. The minimum absolute atomic E-state index is 0.398. The van der Waals surface area contributed by atoms with Gasteiger partial charge in [0.1, 0.15) is 5.54 Å². The molecule has 0 aromatic rings. The number of rotatable bonds is 3. The van der Waals surface area contributed by atoms with Crippen molar-refractivity contribution >= 4 is 5.97 Å². The maximum atomic E-state index is 11.3. The van der Waals surface area contributed by atoms with E-state index in [-0.39, 0.29) is 0 Å². The zero-order valence-corrected chi connectivity index (χ0v) is 11.2. The largest absolute Gasteiger partial charge is 0.480 e. The Labute approximate surface area is 98.8 Å². The third-order valence-corrected chi connectivity index (χ3v) is 4.32. The van der Waals surface area contributed by atoms with Crippen molar-refractivity contribution in [3.63, 3.8) is 0 Å². The molecule has 0 heterocycles. The fourth-order valence-corrected chi connectivity index (χ4v) is 2.61. The van der Waals surface area contributed by atoms with Crippen molar-refractivity contribution in [2.45, 2.75) is 58.5 Å². The zero-order chi connectivity index (χ0) is 12.5. The molecular weight excluding hydrogens is 202 g/mol. The summed E-state index contributed by atoms with van der Waals surface area (Å²) in [5, 5.41) is 9.25. The van der Waals surface area contributed by atoms with E-state index in [2.05, 4.69) is 18.7 Å². The van der Waals surface area contributed by atoms with Gasteiger partial charge >= 0.3 is 5.97 Å². The molecule has 3 nitrogen and oxygen atoms in total. The molecule has 0 aromatic carbocycles. The fraction of sp³-hybridized carbons (Fsp3) is 0.923. The summed E-state index contributed by atoms with van der Waals surface area (Å²) in [6.07, 6.45) is 3.61. The van der Waals surface area contributed by atoms with E-state index < -0.39 is 11.5 Å². The van der Waals surface area contributed by atoms with Gasteiger partial charge in [0.25, 0.3) is 0 Å². The van der Waals surface area contributed by atoms with Gasteiger partial charge in [-0.2, -0.15) is 0 Å². The van der Waals surface area contributed by atoms with Gasteiger partial charge in [0, 0.05) is 6.04 Å². The van der Waals surface area contributed by atoms with E-state index in [0.717, 1.165) is 6.42 Å². The molecule has 0 spiro atoms. The van der Waals surface area contributed by atoms with Crippen LogP contribution >= 0.6 is 0 Å². The summed E-state index contributed by atoms with van der Waals surface area (Å²) in [4.78, 5) is 13.3. The van der Waals surface area contributed by atoms with Crippen LogP contribution in [0, 0.1) is 11.8 Å². The Morgan fingerprint density at radius 2 is 1.88 bits per heavy atom. The van der Waals surface area contributed by atoms with Crippen molar-refractivity contribution in [2.75, 3.05) is 7.05 Å². The first-order valence-electron chi connectivity index (χ1n) is 6.23. The van der Waals surface area contributed by atoms with E-state index in [0.29, 0.717) is 17.9 Å². The molecule has 0 bridgehead atoms. The van der Waals surface area contributed by atoms with E-state index in [1.807, 2.05) is 7.05 Å². The second-order valence-corrected chi connectivity index (χ2v) is 5.94. The number of nitrogens with zero attached hydrogens (tertiary/aromatic N) is 1. The van der Waals surface area contributed by atoms with Gasteiger partial charge in [-0.1, -0.05) is 20.3 Å². The zero-order valence-electron chi connectivity index (χ0n) is 11.2. The average Bonchev–Trinajstić information content (AvgIpc) is 2.20. The smallest absolute Gasteiger partial charge is 0.323 e. The average molecular weight is 227 g/mol. The Hall–Kier alpha value is -0.570. The predicted octanol–water partition coefficient (Wildman–Crippen LogP) is 2.61. The highest BCUT2D eigenvalue weighted by atomic mass is 16.4. The summed E-state index contributed by atoms with van der Waals surface area (Å²) in [7, 11) is 1.95. The van der Waals surface area contributed by atoms with Crippen molar-refractivity contribution in [3.05, 3.63) is 0 Å². The van der Waals surface area contributed by atoms with Crippen LogP contribution in [0.4, 0.5) is 0 Å². The summed E-state index contributed by atoms with van der Waals surface area (Å²) in [5.41, 5.74) is -0.768. The quantitative estimate of drug-likeness (QED) is 0.805. The standard InChI is InChI=1S/C13H25NO2/c1-9-6-7-10(2)11(8-9)14(5)13(3,4)12(15)16/h9-11H,6-8H2,1-5H3,(H,15,16). The Morgan fingerprint density at radius 3 is 2.38 bits per heavy atom. The lowest BCUT2D eigenvalue weighted by atomic mass is 9.78. The summed E-state index contributed by atoms with van der Waals surface area (Å²) in [5.74, 6) is 0.577. The van der Waals surface area contributed by atoms with Crippen molar-refractivity contribution in [1.82, 2.24) is 4.90 Å². The Kier molecular flexibility index (Phi) is 4.00. The van der Waals surface area contributed by atoms with E-state index in [1.54, 1.807) is 13.8 Å². The number of carbonyl (C=O) groups is 1. The second-order valence-electron chi connectivity index (χ2n) is 5.94. The van der Waals surface area contributed by atoms with Crippen LogP contribution in [0.3, 0.4) is 0 Å². The van der Waals surface area contributed by atoms with Crippen LogP contribution in [0.25, 0.3) is 0 Å². The van der Waals surface area contributed by atoms with Crippen molar-refractivity contribution < 1.29 is 9.90 Å². The normalized spacial score (nSPS) is 31.8. The second kappa shape index (κ2) is 4.74. The molecule has 0 radical (unpaired) electrons. The Bertz CT molecular complexity index is 263. The number of carboxylic acids is 1. The molecule has 1 aliphatic rings. The number of hydrogen-bond donors (Lipinski definition) is 1. The van der Waals surface area contributed by atoms with Crippen LogP contribution in [0.2, 0.25) is 0 Å². The molecule has 0 amide bonds. The first-order valence-corrected chi connectivity index (χ1v) is 6.23. The molecule has 1 N–H and O–H groups in total. The molecule has 94 valence electrons. The minimum atomic E-state index is -0.768. The Morgan fingerprint density at radius 1 is 1.31 bits per heavy atom. The van der Waals surface area contributed by atoms with Gasteiger partial charge < -0.3 is 5.11 Å². The van der Waals surface area contributed by atoms with Gasteiger partial charge in [-0.15, -0.1) is 0 Å². The third-order valence-electron chi connectivity index (χ3n) is 4.32. The minimum Gasteiger partial charge on any atom is -0.480 e. The summed E-state index contributed by atoms with van der Waals surface area (Å²) in [6, 6.07) is 0.398. The molecule has 3 heteroatoms. The van der Waals surface area contributed by atoms with E-state index >= 15 is 0 Å². The van der Waals surface area contributed by atoms with Gasteiger partial charge in [0.15, 0.2) is 0 Å². The fourth-order valence-electron chi connectivity index (χ4n) is 2.61. The molecule has 0 saturated heterocycles. The molecule has 16 heavy (non-hydrogen) atoms. The first kappa shape index (κ1) is 13.5. The van der Waals surface area contributed by atoms with Gasteiger partial charge in [0.05, 0.1) is 0 Å². The van der Waals surface area contributed by atoms with E-state index in [4.69, 9.17) is 0 Å². The maximum absolute atomic E-state index is 11.3. The van der Waals surface area contributed by atoms with Crippen molar-refractivity contribution in [3.8, 4) is 0 Å². The third kappa shape index (κ3) is 2.57. The van der Waals surface area contributed by atoms with Crippen LogP contribution in [0.1, 0.15) is 47.0 Å². The van der Waals surface area contributed by atoms with Crippen LogP contribution in [0.15, 0.2) is 0 Å². The first-order chi connectivity index (χ1) is 7.26. The van der Waals surface area contributed by atoms with Gasteiger partial charge in [-0.05, 0) is 45.6 Å². The van der Waals surface area contributed by atoms with Crippen LogP contribution < -0.4 is 0 Å². The van der Waals surface area contributed by atoms with Crippen molar-refractivity contribution in [2.24, 2.45) is 11.8 Å². The lowest BCUT2D eigenvalue weighted by Gasteiger charge is -2.44. The van der Waals surface area contributed by atoms with Gasteiger partial charge in [-0.3, -0.25) is 9.69 Å². The molecule has 0 aliphatic heterocycles.